The van der Waals surface area contributed by atoms with Crippen LogP contribution in [0.1, 0.15) is 5.69 Å². The van der Waals surface area contributed by atoms with Crippen LogP contribution in [-0.2, 0) is 0 Å². The number of nitrogens with zero attached hydrogens (tertiary/aromatic N) is 4. The first-order valence-corrected chi connectivity index (χ1v) is 8.56. The van der Waals surface area contributed by atoms with Gasteiger partial charge in [-0.1, -0.05) is 0 Å². The maximum Gasteiger partial charge on any atom is 0.234 e. The summed E-state index contributed by atoms with van der Waals surface area (Å²) >= 11 is 0. The molecule has 0 saturated heterocycles. The summed E-state index contributed by atoms with van der Waals surface area (Å²) in [5, 5.41) is 0. The number of halogens is 1. The predicted octanol–water partition coefficient (Wildman–Crippen LogP) is 3.68. The SMILES string of the molecule is Cc1cc(-c2c(-c3cc4c(cc3F)OCCO4)nc3ncccn23)ccn1. The normalized spacial score (nSPS) is 13.1. The largest absolute Gasteiger partial charge is 0.486 e. The topological polar surface area (TPSA) is 61.5 Å². The van der Waals surface area contributed by atoms with Gasteiger partial charge < -0.3 is 9.47 Å². The Bertz CT molecular complexity index is 1170. The Labute approximate surface area is 154 Å². The van der Waals surface area contributed by atoms with Gasteiger partial charge in [0.05, 0.1) is 5.69 Å². The molecule has 6 nitrogen and oxygen atoms in total. The number of benzene rings is 1. The summed E-state index contributed by atoms with van der Waals surface area (Å²) in [6.07, 6.45) is 5.25. The van der Waals surface area contributed by atoms with Crippen LogP contribution in [0.25, 0.3) is 28.3 Å². The van der Waals surface area contributed by atoms with E-state index in [1.54, 1.807) is 18.5 Å². The average molecular weight is 362 g/mol. The molecule has 0 atom stereocenters. The summed E-state index contributed by atoms with van der Waals surface area (Å²) in [6.45, 7) is 2.75. The van der Waals surface area contributed by atoms with E-state index in [1.807, 2.05) is 35.7 Å². The predicted molar refractivity (Wildman–Crippen MR) is 97.3 cm³/mol. The molecule has 4 aromatic rings. The number of pyridine rings is 1. The van der Waals surface area contributed by atoms with Gasteiger partial charge in [0.2, 0.25) is 5.78 Å². The Morgan fingerprint density at radius 2 is 1.85 bits per heavy atom. The molecule has 0 fully saturated rings. The van der Waals surface area contributed by atoms with E-state index >= 15 is 0 Å². The highest BCUT2D eigenvalue weighted by molar-refractivity contribution is 5.82. The number of aryl methyl sites for hydroxylation is 1. The van der Waals surface area contributed by atoms with Gasteiger partial charge in [-0.25, -0.2) is 14.4 Å². The van der Waals surface area contributed by atoms with Crippen LogP contribution >= 0.6 is 0 Å². The van der Waals surface area contributed by atoms with E-state index in [-0.39, 0.29) is 0 Å². The lowest BCUT2D eigenvalue weighted by Crippen LogP contribution is -2.15. The molecule has 0 radical (unpaired) electrons. The highest BCUT2D eigenvalue weighted by atomic mass is 19.1. The first kappa shape index (κ1) is 15.7. The van der Waals surface area contributed by atoms with Gasteiger partial charge in [0.1, 0.15) is 24.7 Å². The van der Waals surface area contributed by atoms with Crippen molar-refractivity contribution < 1.29 is 13.9 Å². The molecule has 0 saturated carbocycles. The van der Waals surface area contributed by atoms with E-state index < -0.39 is 5.82 Å². The van der Waals surface area contributed by atoms with Crippen LogP contribution in [0, 0.1) is 12.7 Å². The molecule has 134 valence electrons. The van der Waals surface area contributed by atoms with Crippen molar-refractivity contribution in [3.63, 3.8) is 0 Å². The highest BCUT2D eigenvalue weighted by Gasteiger charge is 2.23. The molecule has 0 unspecified atom stereocenters. The number of rotatable bonds is 2. The lowest BCUT2D eigenvalue weighted by atomic mass is 10.0. The van der Waals surface area contributed by atoms with Crippen molar-refractivity contribution in [3.05, 3.63) is 60.4 Å². The molecular formula is C20H15FN4O2. The quantitative estimate of drug-likeness (QED) is 0.544. The highest BCUT2D eigenvalue weighted by Crippen LogP contribution is 2.40. The maximum atomic E-state index is 14.9. The van der Waals surface area contributed by atoms with E-state index in [0.29, 0.717) is 41.7 Å². The average Bonchev–Trinajstić information content (AvgIpc) is 3.06. The summed E-state index contributed by atoms with van der Waals surface area (Å²) in [5.41, 5.74) is 3.33. The summed E-state index contributed by atoms with van der Waals surface area (Å²) in [5.74, 6) is 0.992. The Hall–Kier alpha value is -3.48. The van der Waals surface area contributed by atoms with Crippen LogP contribution in [0.3, 0.4) is 0 Å². The molecule has 4 heterocycles. The summed E-state index contributed by atoms with van der Waals surface area (Å²) < 4.78 is 27.9. The van der Waals surface area contributed by atoms with Gasteiger partial charge in [-0.2, -0.15) is 0 Å². The van der Waals surface area contributed by atoms with E-state index in [9.17, 15) is 4.39 Å². The summed E-state index contributed by atoms with van der Waals surface area (Å²) in [7, 11) is 0. The third kappa shape index (κ3) is 2.59. The van der Waals surface area contributed by atoms with Gasteiger partial charge >= 0.3 is 0 Å². The summed E-state index contributed by atoms with van der Waals surface area (Å²) in [4.78, 5) is 13.2. The molecule has 0 amide bonds. The zero-order valence-corrected chi connectivity index (χ0v) is 14.5. The summed E-state index contributed by atoms with van der Waals surface area (Å²) in [6, 6.07) is 8.63. The lowest BCUT2D eigenvalue weighted by Gasteiger charge is -2.19. The van der Waals surface area contributed by atoms with Crippen molar-refractivity contribution in [1.82, 2.24) is 19.4 Å². The van der Waals surface area contributed by atoms with Gasteiger partial charge in [-0.05, 0) is 31.2 Å². The Morgan fingerprint density at radius 1 is 1.04 bits per heavy atom. The van der Waals surface area contributed by atoms with Crippen molar-refractivity contribution >= 4 is 5.78 Å². The second-order valence-corrected chi connectivity index (χ2v) is 6.26. The molecule has 5 rings (SSSR count). The minimum Gasteiger partial charge on any atom is -0.486 e. The third-order valence-corrected chi connectivity index (χ3v) is 4.46. The molecule has 0 aliphatic carbocycles. The van der Waals surface area contributed by atoms with Crippen LogP contribution in [0.4, 0.5) is 4.39 Å². The number of hydrogen-bond acceptors (Lipinski definition) is 5. The Morgan fingerprint density at radius 3 is 2.67 bits per heavy atom. The number of hydrogen-bond donors (Lipinski definition) is 0. The molecular weight excluding hydrogens is 347 g/mol. The van der Waals surface area contributed by atoms with Crippen molar-refractivity contribution in [2.24, 2.45) is 0 Å². The Balaban J connectivity index is 1.80. The van der Waals surface area contributed by atoms with E-state index in [2.05, 4.69) is 15.0 Å². The van der Waals surface area contributed by atoms with Crippen molar-refractivity contribution in [2.45, 2.75) is 6.92 Å². The van der Waals surface area contributed by atoms with Crippen LogP contribution in [-0.4, -0.2) is 32.6 Å². The second kappa shape index (κ2) is 6.05. The minimum atomic E-state index is -0.422. The molecule has 1 aromatic carbocycles. The molecule has 27 heavy (non-hydrogen) atoms. The monoisotopic (exact) mass is 362 g/mol. The molecule has 0 spiro atoms. The minimum absolute atomic E-state index is 0.342. The van der Waals surface area contributed by atoms with E-state index in [4.69, 9.17) is 9.47 Å². The third-order valence-electron chi connectivity index (χ3n) is 4.46. The maximum absolute atomic E-state index is 14.9. The molecule has 0 bridgehead atoms. The van der Waals surface area contributed by atoms with Crippen LogP contribution in [0.5, 0.6) is 11.5 Å². The van der Waals surface area contributed by atoms with Crippen molar-refractivity contribution in [1.29, 1.82) is 0 Å². The molecule has 0 N–H and O–H groups in total. The van der Waals surface area contributed by atoms with Gasteiger partial charge in [-0.3, -0.25) is 9.38 Å². The molecule has 1 aliphatic heterocycles. The van der Waals surface area contributed by atoms with Gasteiger partial charge in [0.15, 0.2) is 11.5 Å². The molecule has 1 aliphatic rings. The molecule has 7 heteroatoms. The number of ether oxygens (including phenoxy) is 2. The van der Waals surface area contributed by atoms with E-state index in [1.165, 1.54) is 6.07 Å². The number of aromatic nitrogens is 4. The van der Waals surface area contributed by atoms with Crippen LogP contribution < -0.4 is 9.47 Å². The van der Waals surface area contributed by atoms with Gasteiger partial charge in [0, 0.05) is 41.5 Å². The number of imidazole rings is 1. The molecule has 3 aromatic heterocycles. The Kier molecular flexibility index (Phi) is 3.53. The van der Waals surface area contributed by atoms with Crippen molar-refractivity contribution in [3.8, 4) is 34.0 Å². The van der Waals surface area contributed by atoms with Gasteiger partial charge in [-0.15, -0.1) is 0 Å². The van der Waals surface area contributed by atoms with Crippen molar-refractivity contribution in [2.75, 3.05) is 13.2 Å². The second-order valence-electron chi connectivity index (χ2n) is 6.26. The first-order chi connectivity index (χ1) is 13.2. The van der Waals surface area contributed by atoms with Crippen LogP contribution in [0.2, 0.25) is 0 Å². The zero-order chi connectivity index (χ0) is 18.4. The fourth-order valence-corrected chi connectivity index (χ4v) is 3.29. The van der Waals surface area contributed by atoms with E-state index in [0.717, 1.165) is 17.0 Å². The first-order valence-electron chi connectivity index (χ1n) is 8.56. The number of fused-ring (bicyclic) bond motifs is 2. The van der Waals surface area contributed by atoms with Gasteiger partial charge in [0.25, 0.3) is 0 Å². The zero-order valence-electron chi connectivity index (χ0n) is 14.5. The van der Waals surface area contributed by atoms with Crippen LogP contribution in [0.15, 0.2) is 48.9 Å². The fourth-order valence-electron chi connectivity index (χ4n) is 3.29. The standard InChI is InChI=1S/C20H15FN4O2/c1-12-9-13(3-5-22-12)19-18(24-20-23-4-2-6-25(19)20)14-10-16-17(11-15(14)21)27-8-7-26-16/h2-6,9-11H,7-8H2,1H3. The lowest BCUT2D eigenvalue weighted by molar-refractivity contribution is 0.171. The smallest absolute Gasteiger partial charge is 0.234 e. The fraction of sp³-hybridized carbons (Fsp3) is 0.150.